The highest BCUT2D eigenvalue weighted by Gasteiger charge is 2.49. The molecule has 1 saturated heterocycles. The lowest BCUT2D eigenvalue weighted by Gasteiger charge is -2.36. The third-order valence-electron chi connectivity index (χ3n) is 7.66. The molecule has 2 aromatic rings. The molecule has 3 heterocycles. The van der Waals surface area contributed by atoms with Crippen molar-refractivity contribution in [3.05, 3.63) is 71.3 Å². The third kappa shape index (κ3) is 4.10. The molecule has 5 rings (SSSR count). The number of hydrogen-bond donors (Lipinski definition) is 3. The normalized spacial score (nSPS) is 24.1. The van der Waals surface area contributed by atoms with Gasteiger partial charge in [0.25, 0.3) is 5.91 Å². The fourth-order valence-corrected chi connectivity index (χ4v) is 5.51. The summed E-state index contributed by atoms with van der Waals surface area (Å²) in [4.78, 5) is 41.5. The van der Waals surface area contributed by atoms with Crippen molar-refractivity contribution in [2.24, 2.45) is 5.92 Å². The van der Waals surface area contributed by atoms with Crippen LogP contribution in [0.2, 0.25) is 0 Å². The topological polar surface area (TPSA) is 110 Å². The smallest absolute Gasteiger partial charge is 0.261 e. The van der Waals surface area contributed by atoms with Crippen LogP contribution in [0.5, 0.6) is 0 Å². The zero-order valence-corrected chi connectivity index (χ0v) is 20.3. The Balaban J connectivity index is 1.31. The van der Waals surface area contributed by atoms with Crippen LogP contribution in [0.3, 0.4) is 0 Å². The first-order valence-electron chi connectivity index (χ1n) is 12.5. The van der Waals surface area contributed by atoms with Crippen molar-refractivity contribution in [2.45, 2.75) is 50.8 Å². The highest BCUT2D eigenvalue weighted by Crippen LogP contribution is 2.43. The summed E-state index contributed by atoms with van der Waals surface area (Å²) in [5.41, 5.74) is 2.03. The fourth-order valence-electron chi connectivity index (χ4n) is 5.51. The second-order valence-electron chi connectivity index (χ2n) is 9.85. The van der Waals surface area contributed by atoms with Crippen LogP contribution in [0.25, 0.3) is 0 Å². The number of carbonyl (C=O) groups excluding carboxylic acids is 3. The minimum atomic E-state index is -1.81. The summed E-state index contributed by atoms with van der Waals surface area (Å²) in [5, 5.41) is 24.1. The average Bonchev–Trinajstić information content (AvgIpc) is 3.43. The van der Waals surface area contributed by atoms with E-state index in [-0.39, 0.29) is 30.9 Å². The lowest BCUT2D eigenvalue weighted by Crippen LogP contribution is -2.46. The van der Waals surface area contributed by atoms with Gasteiger partial charge in [-0.2, -0.15) is 0 Å². The molecular formula is C28H31N3O5. The van der Waals surface area contributed by atoms with Crippen LogP contribution >= 0.6 is 0 Å². The molecule has 2 aromatic carbocycles. The van der Waals surface area contributed by atoms with E-state index in [1.165, 1.54) is 0 Å². The number of hydrogen-bond acceptors (Lipinski definition) is 5. The number of nitrogens with one attached hydrogen (secondary N) is 1. The van der Waals surface area contributed by atoms with E-state index in [2.05, 4.69) is 5.32 Å². The lowest BCUT2D eigenvalue weighted by molar-refractivity contribution is -0.137. The summed E-state index contributed by atoms with van der Waals surface area (Å²) in [6.45, 7) is 2.68. The first kappa shape index (κ1) is 24.2. The predicted octanol–water partition coefficient (Wildman–Crippen LogP) is 2.48. The standard InChI is InChI=1S/C28H31N3O5/c1-18(6-4-9-26(34)31-16-20-8-3-2-7-19(20)14-22(31)17-32)28(36)23-15-21(30-13-5-10-25(30)33)11-12-24(23)29-27(28)35/h2-4,6-8,11-12,15,18,22,32,36H,5,9-10,13-14,16-17H2,1H3,(H,29,35)/b6-4+/t18-,22-,28+/m0/s1. The Hall–Kier alpha value is -3.49. The monoisotopic (exact) mass is 489 g/mol. The Labute approximate surface area is 210 Å². The van der Waals surface area contributed by atoms with Crippen LogP contribution in [0.4, 0.5) is 11.4 Å². The van der Waals surface area contributed by atoms with Gasteiger partial charge in [0.2, 0.25) is 11.8 Å². The molecule has 3 atom stereocenters. The van der Waals surface area contributed by atoms with Gasteiger partial charge in [-0.1, -0.05) is 43.3 Å². The summed E-state index contributed by atoms with van der Waals surface area (Å²) < 4.78 is 0. The number of aliphatic hydroxyl groups excluding tert-OH is 1. The molecule has 0 saturated carbocycles. The zero-order chi connectivity index (χ0) is 25.4. The van der Waals surface area contributed by atoms with E-state index >= 15 is 0 Å². The van der Waals surface area contributed by atoms with Crippen molar-refractivity contribution in [3.8, 4) is 0 Å². The summed E-state index contributed by atoms with van der Waals surface area (Å²) in [6.07, 6.45) is 5.34. The van der Waals surface area contributed by atoms with E-state index < -0.39 is 17.4 Å². The van der Waals surface area contributed by atoms with Crippen LogP contribution in [0.15, 0.2) is 54.6 Å². The summed E-state index contributed by atoms with van der Waals surface area (Å²) in [6, 6.07) is 12.9. The Morgan fingerprint density at radius 3 is 2.72 bits per heavy atom. The highest BCUT2D eigenvalue weighted by atomic mass is 16.3. The van der Waals surface area contributed by atoms with Gasteiger partial charge in [-0.25, -0.2) is 0 Å². The van der Waals surface area contributed by atoms with Gasteiger partial charge in [-0.3, -0.25) is 14.4 Å². The maximum absolute atomic E-state index is 13.0. The molecular weight excluding hydrogens is 458 g/mol. The molecule has 0 unspecified atom stereocenters. The van der Waals surface area contributed by atoms with Crippen molar-refractivity contribution in [1.82, 2.24) is 4.90 Å². The Morgan fingerprint density at radius 1 is 1.22 bits per heavy atom. The molecule has 3 aliphatic heterocycles. The van der Waals surface area contributed by atoms with Crippen molar-refractivity contribution < 1.29 is 24.6 Å². The number of amides is 3. The molecule has 3 aliphatic rings. The SMILES string of the molecule is C[C@@H](/C=C/CC(=O)N1Cc2ccccc2C[C@H]1CO)[C@]1(O)C(=O)Nc2ccc(N3CCCC3=O)cc21. The minimum absolute atomic E-state index is 0.0312. The average molecular weight is 490 g/mol. The van der Waals surface area contributed by atoms with E-state index in [1.807, 2.05) is 24.3 Å². The molecule has 8 nitrogen and oxygen atoms in total. The van der Waals surface area contributed by atoms with Gasteiger partial charge in [-0.05, 0) is 42.2 Å². The quantitative estimate of drug-likeness (QED) is 0.540. The molecule has 0 radical (unpaired) electrons. The molecule has 0 aromatic heterocycles. The summed E-state index contributed by atoms with van der Waals surface area (Å²) >= 11 is 0. The van der Waals surface area contributed by atoms with Crippen molar-refractivity contribution >= 4 is 29.1 Å². The molecule has 1 fully saturated rings. The van der Waals surface area contributed by atoms with E-state index in [1.54, 1.807) is 47.1 Å². The zero-order valence-electron chi connectivity index (χ0n) is 20.3. The molecule has 3 amide bonds. The molecule has 0 aliphatic carbocycles. The fraction of sp³-hybridized carbons (Fsp3) is 0.393. The number of benzene rings is 2. The number of fused-ring (bicyclic) bond motifs is 2. The molecule has 0 bridgehead atoms. The van der Waals surface area contributed by atoms with Crippen LogP contribution in [-0.2, 0) is 33.0 Å². The maximum atomic E-state index is 13.0. The van der Waals surface area contributed by atoms with Gasteiger partial charge in [0.05, 0.1) is 12.6 Å². The first-order chi connectivity index (χ1) is 17.3. The van der Waals surface area contributed by atoms with E-state index in [0.717, 1.165) is 17.5 Å². The predicted molar refractivity (Wildman–Crippen MR) is 135 cm³/mol. The van der Waals surface area contributed by atoms with Gasteiger partial charge in [0, 0.05) is 48.8 Å². The van der Waals surface area contributed by atoms with Gasteiger partial charge in [0.1, 0.15) is 0 Å². The number of rotatable bonds is 6. The van der Waals surface area contributed by atoms with E-state index in [4.69, 9.17) is 0 Å². The Kier molecular flexibility index (Phi) is 6.40. The van der Waals surface area contributed by atoms with Crippen LogP contribution < -0.4 is 10.2 Å². The molecule has 3 N–H and O–H groups in total. The molecule has 36 heavy (non-hydrogen) atoms. The summed E-state index contributed by atoms with van der Waals surface area (Å²) in [7, 11) is 0. The van der Waals surface area contributed by atoms with E-state index in [9.17, 15) is 24.6 Å². The van der Waals surface area contributed by atoms with Gasteiger partial charge < -0.3 is 25.3 Å². The van der Waals surface area contributed by atoms with Crippen LogP contribution in [0.1, 0.15) is 42.9 Å². The second-order valence-corrected chi connectivity index (χ2v) is 9.85. The third-order valence-corrected chi connectivity index (χ3v) is 7.66. The Morgan fingerprint density at radius 2 is 2.00 bits per heavy atom. The van der Waals surface area contributed by atoms with Gasteiger partial charge in [-0.15, -0.1) is 0 Å². The van der Waals surface area contributed by atoms with Crippen molar-refractivity contribution in [2.75, 3.05) is 23.4 Å². The number of nitrogens with zero attached hydrogens (tertiary/aromatic N) is 2. The van der Waals surface area contributed by atoms with Crippen LogP contribution in [0, 0.1) is 5.92 Å². The molecule has 0 spiro atoms. The van der Waals surface area contributed by atoms with Crippen LogP contribution in [-0.4, -0.2) is 52.0 Å². The highest BCUT2D eigenvalue weighted by molar-refractivity contribution is 6.06. The minimum Gasteiger partial charge on any atom is -0.394 e. The molecule has 8 heteroatoms. The largest absolute Gasteiger partial charge is 0.394 e. The van der Waals surface area contributed by atoms with Gasteiger partial charge in [0.15, 0.2) is 5.60 Å². The number of aliphatic hydroxyl groups is 2. The summed E-state index contributed by atoms with van der Waals surface area (Å²) in [5.74, 6) is -1.24. The number of anilines is 2. The molecule has 188 valence electrons. The second kappa shape index (κ2) is 9.52. The number of carbonyl (C=O) groups is 3. The van der Waals surface area contributed by atoms with E-state index in [0.29, 0.717) is 42.9 Å². The lowest BCUT2D eigenvalue weighted by atomic mass is 9.82. The van der Waals surface area contributed by atoms with Crippen molar-refractivity contribution in [3.63, 3.8) is 0 Å². The first-order valence-corrected chi connectivity index (χ1v) is 12.5. The van der Waals surface area contributed by atoms with Gasteiger partial charge >= 0.3 is 0 Å². The maximum Gasteiger partial charge on any atom is 0.261 e. The Bertz CT molecular complexity index is 1240. The van der Waals surface area contributed by atoms with Crippen molar-refractivity contribution in [1.29, 1.82) is 0 Å².